The van der Waals surface area contributed by atoms with E-state index in [0.717, 1.165) is 62.5 Å². The lowest BCUT2D eigenvalue weighted by molar-refractivity contribution is 0.426. The van der Waals surface area contributed by atoms with Crippen LogP contribution in [-0.2, 0) is 9.05 Å². The Morgan fingerprint density at radius 1 is 0.783 bits per heavy atom. The highest BCUT2D eigenvalue weighted by atomic mass is 35.7. The molecular weight excluding hydrogens is 351 g/mol. The van der Waals surface area contributed by atoms with Crippen LogP contribution in [0.3, 0.4) is 0 Å². The third-order valence-corrected chi connectivity index (χ3v) is 7.09. The minimum Gasteiger partial charge on any atom is -0.207 e. The second-order valence-corrected chi connectivity index (χ2v) is 9.96. The lowest BCUT2D eigenvalue weighted by atomic mass is 9.80. The molecule has 23 heavy (non-hydrogen) atoms. The van der Waals surface area contributed by atoms with Crippen LogP contribution >= 0.6 is 22.3 Å². The predicted molar refractivity (Wildman–Crippen MR) is 96.1 cm³/mol. The fourth-order valence-corrected chi connectivity index (χ4v) is 6.14. The van der Waals surface area contributed by atoms with E-state index in [1.165, 1.54) is 12.8 Å². The van der Waals surface area contributed by atoms with Crippen molar-refractivity contribution in [1.82, 2.24) is 0 Å². The van der Waals surface area contributed by atoms with E-state index in [1.54, 1.807) is 0 Å². The van der Waals surface area contributed by atoms with Crippen molar-refractivity contribution in [2.24, 2.45) is 0 Å². The molecule has 1 aromatic rings. The van der Waals surface area contributed by atoms with Gasteiger partial charge in [0.1, 0.15) is 0 Å². The Hall–Kier alpha value is -0.250. The van der Waals surface area contributed by atoms with Crippen molar-refractivity contribution in [3.05, 3.63) is 28.3 Å². The van der Waals surface area contributed by atoms with Crippen molar-refractivity contribution < 1.29 is 8.42 Å². The summed E-state index contributed by atoms with van der Waals surface area (Å²) in [6.07, 6.45) is 11.2. The molecule has 0 saturated heterocycles. The van der Waals surface area contributed by atoms with E-state index in [-0.39, 0.29) is 11.8 Å². The van der Waals surface area contributed by atoms with Gasteiger partial charge in [0.15, 0.2) is 0 Å². The van der Waals surface area contributed by atoms with Crippen molar-refractivity contribution in [3.63, 3.8) is 0 Å². The van der Waals surface area contributed by atoms with Crippen LogP contribution in [0.4, 0.5) is 0 Å². The minimum atomic E-state index is -3.77. The van der Waals surface area contributed by atoms with Crippen LogP contribution in [0.25, 0.3) is 0 Å². The molecule has 0 heterocycles. The molecule has 3 rings (SSSR count). The number of halogens is 2. The van der Waals surface area contributed by atoms with Gasteiger partial charge in [-0.15, -0.1) is 0 Å². The number of hydrogen-bond acceptors (Lipinski definition) is 2. The maximum absolute atomic E-state index is 12.4. The molecule has 0 aliphatic heterocycles. The maximum atomic E-state index is 12.4. The first kappa shape index (κ1) is 17.6. The van der Waals surface area contributed by atoms with Gasteiger partial charge in [-0.2, -0.15) is 0 Å². The van der Waals surface area contributed by atoms with Crippen LogP contribution in [0.1, 0.15) is 87.2 Å². The average molecular weight is 375 g/mol. The highest BCUT2D eigenvalue weighted by Gasteiger charge is 2.30. The van der Waals surface area contributed by atoms with Crippen LogP contribution < -0.4 is 0 Å². The zero-order valence-corrected chi connectivity index (χ0v) is 15.7. The SMILES string of the molecule is O=S(=O)(Cl)c1c(C2CCCCC2)cc(Cl)cc1C1CCCCC1. The molecule has 0 radical (unpaired) electrons. The molecule has 2 fully saturated rings. The van der Waals surface area contributed by atoms with Crippen molar-refractivity contribution in [2.75, 3.05) is 0 Å². The van der Waals surface area contributed by atoms with Gasteiger partial charge < -0.3 is 0 Å². The highest BCUT2D eigenvalue weighted by Crippen LogP contribution is 2.44. The molecule has 0 spiro atoms. The van der Waals surface area contributed by atoms with Crippen LogP contribution in [0.2, 0.25) is 5.02 Å². The van der Waals surface area contributed by atoms with Gasteiger partial charge in [-0.3, -0.25) is 0 Å². The average Bonchev–Trinajstić information content (AvgIpc) is 2.54. The molecule has 2 nitrogen and oxygen atoms in total. The Balaban J connectivity index is 2.12. The summed E-state index contributed by atoms with van der Waals surface area (Å²) < 4.78 is 24.8. The van der Waals surface area contributed by atoms with Crippen LogP contribution in [0, 0.1) is 0 Å². The van der Waals surface area contributed by atoms with Gasteiger partial charge in [-0.05, 0) is 60.8 Å². The standard InChI is InChI=1S/C18H24Cl2O2S/c19-15-11-16(13-7-3-1-4-8-13)18(23(20,21)22)17(12-15)14-9-5-2-6-10-14/h11-14H,1-10H2. The molecule has 128 valence electrons. The Kier molecular flexibility index (Phi) is 5.60. The lowest BCUT2D eigenvalue weighted by Gasteiger charge is -2.28. The molecule has 0 bridgehead atoms. The van der Waals surface area contributed by atoms with Crippen LogP contribution in [-0.4, -0.2) is 8.42 Å². The summed E-state index contributed by atoms with van der Waals surface area (Å²) in [4.78, 5) is 0.377. The fourth-order valence-electron chi connectivity index (χ4n) is 4.35. The van der Waals surface area contributed by atoms with E-state index >= 15 is 0 Å². The first-order valence-corrected chi connectivity index (χ1v) is 11.4. The second kappa shape index (κ2) is 7.33. The minimum absolute atomic E-state index is 0.272. The van der Waals surface area contributed by atoms with Crippen molar-refractivity contribution in [1.29, 1.82) is 0 Å². The molecule has 1 aromatic carbocycles. The van der Waals surface area contributed by atoms with Gasteiger partial charge >= 0.3 is 0 Å². The molecule has 0 N–H and O–H groups in total. The van der Waals surface area contributed by atoms with Crippen LogP contribution in [0.5, 0.6) is 0 Å². The fraction of sp³-hybridized carbons (Fsp3) is 0.667. The molecule has 2 aliphatic carbocycles. The zero-order chi connectivity index (χ0) is 16.4. The van der Waals surface area contributed by atoms with Gasteiger partial charge in [-0.25, -0.2) is 8.42 Å². The molecule has 5 heteroatoms. The van der Waals surface area contributed by atoms with E-state index < -0.39 is 9.05 Å². The van der Waals surface area contributed by atoms with Crippen molar-refractivity contribution in [2.45, 2.75) is 80.9 Å². The van der Waals surface area contributed by atoms with E-state index in [4.69, 9.17) is 22.3 Å². The first-order chi connectivity index (χ1) is 11.0. The smallest absolute Gasteiger partial charge is 0.207 e. The molecule has 2 aliphatic rings. The first-order valence-electron chi connectivity index (χ1n) is 8.75. The summed E-state index contributed by atoms with van der Waals surface area (Å²) in [7, 11) is 2.12. The lowest BCUT2D eigenvalue weighted by Crippen LogP contribution is -2.14. The van der Waals surface area contributed by atoms with Gasteiger partial charge in [0.2, 0.25) is 0 Å². The predicted octanol–water partition coefficient (Wildman–Crippen LogP) is 6.36. The quantitative estimate of drug-likeness (QED) is 0.576. The molecule has 0 unspecified atom stereocenters. The summed E-state index contributed by atoms with van der Waals surface area (Å²) >= 11 is 6.37. The van der Waals surface area contributed by atoms with Crippen molar-refractivity contribution in [3.8, 4) is 0 Å². The normalized spacial score (nSPS) is 21.5. The van der Waals surface area contributed by atoms with Gasteiger partial charge in [0.05, 0.1) is 4.90 Å². The highest BCUT2D eigenvalue weighted by molar-refractivity contribution is 8.13. The number of hydrogen-bond donors (Lipinski definition) is 0. The van der Waals surface area contributed by atoms with E-state index in [9.17, 15) is 8.42 Å². The zero-order valence-electron chi connectivity index (χ0n) is 13.4. The Labute approximate surface area is 149 Å². The van der Waals surface area contributed by atoms with E-state index in [1.807, 2.05) is 12.1 Å². The molecule has 0 atom stereocenters. The Morgan fingerprint density at radius 3 is 1.52 bits per heavy atom. The summed E-state index contributed by atoms with van der Waals surface area (Å²) in [5.74, 6) is 0.543. The number of rotatable bonds is 3. The topological polar surface area (TPSA) is 34.1 Å². The maximum Gasteiger partial charge on any atom is 0.261 e. The summed E-state index contributed by atoms with van der Waals surface area (Å²) in [5, 5.41) is 0.648. The summed E-state index contributed by atoms with van der Waals surface area (Å²) in [5.41, 5.74) is 1.74. The molecule has 0 amide bonds. The Morgan fingerprint density at radius 2 is 1.17 bits per heavy atom. The molecular formula is C18H24Cl2O2S. The monoisotopic (exact) mass is 374 g/mol. The van der Waals surface area contributed by atoms with Gasteiger partial charge in [0, 0.05) is 15.7 Å². The second-order valence-electron chi connectivity index (χ2n) is 7.02. The third kappa shape index (κ3) is 4.05. The van der Waals surface area contributed by atoms with Crippen molar-refractivity contribution >= 4 is 31.3 Å². The number of benzene rings is 1. The van der Waals surface area contributed by atoms with E-state index in [0.29, 0.717) is 9.92 Å². The van der Waals surface area contributed by atoms with E-state index in [2.05, 4.69) is 0 Å². The van der Waals surface area contributed by atoms with Gasteiger partial charge in [-0.1, -0.05) is 50.1 Å². The van der Waals surface area contributed by atoms with Gasteiger partial charge in [0.25, 0.3) is 9.05 Å². The largest absolute Gasteiger partial charge is 0.261 e. The summed E-state index contributed by atoms with van der Waals surface area (Å²) in [6.45, 7) is 0. The molecule has 0 aromatic heterocycles. The van der Waals surface area contributed by atoms with Crippen LogP contribution in [0.15, 0.2) is 17.0 Å². The summed E-state index contributed by atoms with van der Waals surface area (Å²) in [6, 6.07) is 3.69. The molecule has 2 saturated carbocycles. The third-order valence-electron chi connectivity index (χ3n) is 5.44. The Bertz CT molecular complexity index is 619.